The Balaban J connectivity index is 1.44. The van der Waals surface area contributed by atoms with E-state index in [4.69, 9.17) is 4.74 Å². The lowest BCUT2D eigenvalue weighted by molar-refractivity contribution is -0.121. The Morgan fingerprint density at radius 3 is 2.48 bits per heavy atom. The molecule has 1 N–H and O–H groups in total. The van der Waals surface area contributed by atoms with E-state index in [9.17, 15) is 9.59 Å². The maximum atomic E-state index is 12.8. The predicted octanol–water partition coefficient (Wildman–Crippen LogP) is 2.45. The number of carbonyl (C=O) groups excluding carboxylic acids is 1. The van der Waals surface area contributed by atoms with Crippen LogP contribution in [0.2, 0.25) is 0 Å². The van der Waals surface area contributed by atoms with E-state index in [0.717, 1.165) is 5.56 Å². The third-order valence-electron chi connectivity index (χ3n) is 5.08. The Morgan fingerprint density at radius 1 is 1.03 bits per heavy atom. The van der Waals surface area contributed by atoms with Crippen LogP contribution < -0.4 is 15.6 Å². The summed E-state index contributed by atoms with van der Waals surface area (Å²) >= 11 is 0. The van der Waals surface area contributed by atoms with E-state index in [2.05, 4.69) is 15.5 Å². The minimum absolute atomic E-state index is 0.0797. The van der Waals surface area contributed by atoms with E-state index in [1.54, 1.807) is 48.2 Å². The number of nitrogens with zero attached hydrogens (tertiary/aromatic N) is 4. The molecule has 0 fully saturated rings. The molecule has 2 heterocycles. The fourth-order valence-corrected chi connectivity index (χ4v) is 3.27. The summed E-state index contributed by atoms with van der Waals surface area (Å²) in [4.78, 5) is 25.1. The van der Waals surface area contributed by atoms with Crippen molar-refractivity contribution in [3.05, 3.63) is 88.2 Å². The van der Waals surface area contributed by atoms with E-state index in [0.29, 0.717) is 30.2 Å². The van der Waals surface area contributed by atoms with E-state index in [-0.39, 0.29) is 23.5 Å². The van der Waals surface area contributed by atoms with Gasteiger partial charge < -0.3 is 10.1 Å². The topological polar surface area (TPSA) is 90.5 Å². The highest BCUT2D eigenvalue weighted by Crippen LogP contribution is 2.14. The van der Waals surface area contributed by atoms with Crippen LogP contribution >= 0.6 is 0 Å². The highest BCUT2D eigenvalue weighted by molar-refractivity contribution is 5.76. The summed E-state index contributed by atoms with van der Waals surface area (Å²) < 4.78 is 8.29. The summed E-state index contributed by atoms with van der Waals surface area (Å²) in [7, 11) is 1.59. The van der Waals surface area contributed by atoms with Crippen LogP contribution in [0.1, 0.15) is 23.4 Å². The minimum atomic E-state index is -0.282. The SMILES string of the molecule is COc1ccc(-n2ccn3c(CCC(=O)NCc4ccc(C)cc4)nnc3c2=O)cc1. The molecule has 2 aromatic heterocycles. The molecule has 4 aromatic rings. The van der Waals surface area contributed by atoms with E-state index >= 15 is 0 Å². The van der Waals surface area contributed by atoms with Gasteiger partial charge in [0.2, 0.25) is 11.6 Å². The fraction of sp³-hybridized carbons (Fsp3) is 0.217. The van der Waals surface area contributed by atoms with Gasteiger partial charge in [0.1, 0.15) is 11.6 Å². The molecule has 8 nitrogen and oxygen atoms in total. The molecule has 0 radical (unpaired) electrons. The summed E-state index contributed by atoms with van der Waals surface area (Å²) in [6.07, 6.45) is 4.04. The van der Waals surface area contributed by atoms with Crippen LogP contribution in [0.3, 0.4) is 0 Å². The lowest BCUT2D eigenvalue weighted by atomic mass is 10.1. The van der Waals surface area contributed by atoms with Crippen LogP contribution in [-0.4, -0.2) is 32.2 Å². The van der Waals surface area contributed by atoms with Gasteiger partial charge in [-0.1, -0.05) is 29.8 Å². The molecule has 0 aliphatic rings. The zero-order chi connectivity index (χ0) is 21.8. The van der Waals surface area contributed by atoms with Crippen molar-refractivity contribution in [2.75, 3.05) is 7.11 Å². The first-order chi connectivity index (χ1) is 15.0. The second-order valence-electron chi connectivity index (χ2n) is 7.24. The molecule has 4 rings (SSSR count). The number of fused-ring (bicyclic) bond motifs is 1. The average molecular weight is 417 g/mol. The van der Waals surface area contributed by atoms with Gasteiger partial charge in [-0.25, -0.2) is 0 Å². The molecule has 0 aliphatic carbocycles. The monoisotopic (exact) mass is 417 g/mol. The number of hydrogen-bond acceptors (Lipinski definition) is 5. The third kappa shape index (κ3) is 4.48. The molecule has 0 saturated heterocycles. The molecule has 0 atom stereocenters. The van der Waals surface area contributed by atoms with E-state index < -0.39 is 0 Å². The zero-order valence-electron chi connectivity index (χ0n) is 17.4. The molecule has 0 bridgehead atoms. The largest absolute Gasteiger partial charge is 0.497 e. The lowest BCUT2D eigenvalue weighted by Gasteiger charge is -2.08. The number of ether oxygens (including phenoxy) is 1. The fourth-order valence-electron chi connectivity index (χ4n) is 3.27. The van der Waals surface area contributed by atoms with E-state index in [1.165, 1.54) is 10.1 Å². The first-order valence-electron chi connectivity index (χ1n) is 9.97. The highest BCUT2D eigenvalue weighted by Gasteiger charge is 2.13. The number of aromatic nitrogens is 4. The number of rotatable bonds is 7. The first-order valence-corrected chi connectivity index (χ1v) is 9.97. The molecule has 8 heteroatoms. The Hall–Kier alpha value is -3.94. The van der Waals surface area contributed by atoms with Crippen LogP contribution in [0.5, 0.6) is 5.75 Å². The van der Waals surface area contributed by atoms with Gasteiger partial charge in [-0.15, -0.1) is 10.2 Å². The summed E-state index contributed by atoms with van der Waals surface area (Å²) in [5.41, 5.74) is 2.86. The van der Waals surface area contributed by atoms with Crippen LogP contribution in [0.15, 0.2) is 65.7 Å². The standard InChI is InChI=1S/C23H23N5O3/c1-16-3-5-17(6-4-16)15-24-21(29)12-11-20-25-26-22-23(30)27(13-14-28(20)22)18-7-9-19(31-2)10-8-18/h3-10,13-14H,11-12,15H2,1-2H3,(H,24,29). The quantitative estimate of drug-likeness (QED) is 0.499. The van der Waals surface area contributed by atoms with Gasteiger partial charge in [-0.3, -0.25) is 18.6 Å². The van der Waals surface area contributed by atoms with Gasteiger partial charge in [0.15, 0.2) is 0 Å². The Kier molecular flexibility index (Phi) is 5.79. The van der Waals surface area contributed by atoms with Crippen molar-refractivity contribution in [3.8, 4) is 11.4 Å². The molecule has 158 valence electrons. The number of nitrogens with one attached hydrogen (secondary N) is 1. The van der Waals surface area contributed by atoms with Crippen molar-refractivity contribution in [2.24, 2.45) is 0 Å². The maximum Gasteiger partial charge on any atom is 0.300 e. The van der Waals surface area contributed by atoms with Gasteiger partial charge in [0, 0.05) is 37.5 Å². The molecular formula is C23H23N5O3. The minimum Gasteiger partial charge on any atom is -0.497 e. The van der Waals surface area contributed by atoms with Crippen molar-refractivity contribution in [2.45, 2.75) is 26.3 Å². The number of benzene rings is 2. The van der Waals surface area contributed by atoms with Gasteiger partial charge in [0.05, 0.1) is 7.11 Å². The normalized spacial score (nSPS) is 10.9. The Bertz CT molecular complexity index is 1260. The zero-order valence-corrected chi connectivity index (χ0v) is 17.4. The van der Waals surface area contributed by atoms with Crippen molar-refractivity contribution < 1.29 is 9.53 Å². The molecule has 0 aliphatic heterocycles. The second kappa shape index (κ2) is 8.83. The van der Waals surface area contributed by atoms with Crippen molar-refractivity contribution in [1.82, 2.24) is 24.5 Å². The molecule has 1 amide bonds. The Morgan fingerprint density at radius 2 is 1.77 bits per heavy atom. The summed E-state index contributed by atoms with van der Waals surface area (Å²) in [5.74, 6) is 1.20. The molecular weight excluding hydrogens is 394 g/mol. The molecule has 2 aromatic carbocycles. The number of aryl methyl sites for hydroxylation is 2. The predicted molar refractivity (Wildman–Crippen MR) is 116 cm³/mol. The Labute approximate surface area is 179 Å². The van der Waals surface area contributed by atoms with Crippen LogP contribution in [0.25, 0.3) is 11.3 Å². The maximum absolute atomic E-state index is 12.8. The summed E-state index contributed by atoms with van der Waals surface area (Å²) in [5, 5.41) is 11.1. The van der Waals surface area contributed by atoms with Crippen LogP contribution in [0.4, 0.5) is 0 Å². The van der Waals surface area contributed by atoms with Crippen molar-refractivity contribution in [1.29, 1.82) is 0 Å². The van der Waals surface area contributed by atoms with Crippen LogP contribution in [-0.2, 0) is 17.8 Å². The third-order valence-corrected chi connectivity index (χ3v) is 5.08. The number of methoxy groups -OCH3 is 1. The second-order valence-corrected chi connectivity index (χ2v) is 7.24. The van der Waals surface area contributed by atoms with Crippen molar-refractivity contribution in [3.63, 3.8) is 0 Å². The number of carbonyl (C=O) groups is 1. The highest BCUT2D eigenvalue weighted by atomic mass is 16.5. The first kappa shape index (κ1) is 20.3. The smallest absolute Gasteiger partial charge is 0.300 e. The van der Waals surface area contributed by atoms with E-state index in [1.807, 2.05) is 31.2 Å². The lowest BCUT2D eigenvalue weighted by Crippen LogP contribution is -2.23. The average Bonchev–Trinajstić information content (AvgIpc) is 3.21. The summed E-state index contributed by atoms with van der Waals surface area (Å²) in [6.45, 7) is 2.50. The molecule has 0 unspecified atom stereocenters. The van der Waals surface area contributed by atoms with Crippen molar-refractivity contribution >= 4 is 11.6 Å². The summed E-state index contributed by atoms with van der Waals surface area (Å²) in [6, 6.07) is 15.2. The number of hydrogen-bond donors (Lipinski definition) is 1. The van der Waals surface area contributed by atoms with Gasteiger partial charge >= 0.3 is 5.56 Å². The van der Waals surface area contributed by atoms with Gasteiger partial charge in [-0.05, 0) is 36.8 Å². The molecule has 0 saturated carbocycles. The molecule has 31 heavy (non-hydrogen) atoms. The number of amides is 1. The molecule has 0 spiro atoms. The van der Waals surface area contributed by atoms with Gasteiger partial charge in [0.25, 0.3) is 0 Å². The van der Waals surface area contributed by atoms with Gasteiger partial charge in [-0.2, -0.15) is 0 Å². The van der Waals surface area contributed by atoms with Crippen LogP contribution in [0, 0.1) is 6.92 Å².